The number of nitrogens with zero attached hydrogens (tertiary/aromatic N) is 2. The highest BCUT2D eigenvalue weighted by molar-refractivity contribution is 5.77. The number of likely N-dealkylation sites (N-methyl/N-ethyl adjacent to an activating group) is 2. The normalized spacial score (nSPS) is 10.0. The van der Waals surface area contributed by atoms with Gasteiger partial charge in [0.15, 0.2) is 0 Å². The van der Waals surface area contributed by atoms with Crippen LogP contribution in [0.4, 0.5) is 0 Å². The molecule has 0 atom stereocenters. The molecule has 1 amide bonds. The van der Waals surface area contributed by atoms with Crippen molar-refractivity contribution >= 4 is 5.91 Å². The molecular formula is C14H19N3O2. The first-order chi connectivity index (χ1) is 9.17. The second-order valence-electron chi connectivity index (χ2n) is 4.15. The number of para-hydroxylation sites is 1. The summed E-state index contributed by atoms with van der Waals surface area (Å²) in [6.45, 7) is 3.93. The van der Waals surface area contributed by atoms with E-state index in [1.165, 1.54) is 0 Å². The Bertz CT molecular complexity index is 454. The molecule has 1 N–H and O–H groups in total. The van der Waals surface area contributed by atoms with Crippen LogP contribution in [0.15, 0.2) is 24.3 Å². The van der Waals surface area contributed by atoms with Gasteiger partial charge in [0.1, 0.15) is 18.4 Å². The van der Waals surface area contributed by atoms with Crippen molar-refractivity contribution in [3.8, 4) is 11.8 Å². The lowest BCUT2D eigenvalue weighted by atomic mass is 10.2. The molecule has 0 saturated carbocycles. The first-order valence-electron chi connectivity index (χ1n) is 6.24. The Morgan fingerprint density at radius 2 is 2.21 bits per heavy atom. The molecule has 0 unspecified atom stereocenters. The van der Waals surface area contributed by atoms with Gasteiger partial charge in [0, 0.05) is 13.1 Å². The molecule has 5 heteroatoms. The molecule has 0 fully saturated rings. The highest BCUT2D eigenvalue weighted by Crippen LogP contribution is 2.16. The monoisotopic (exact) mass is 261 g/mol. The number of carbonyl (C=O) groups is 1. The fraction of sp³-hybridized carbons (Fsp3) is 0.429. The van der Waals surface area contributed by atoms with Crippen molar-refractivity contribution in [2.24, 2.45) is 0 Å². The lowest BCUT2D eigenvalue weighted by Crippen LogP contribution is -2.36. The van der Waals surface area contributed by atoms with Crippen molar-refractivity contribution in [2.75, 3.05) is 33.3 Å². The number of carbonyl (C=O) groups excluding carboxylic acids is 1. The van der Waals surface area contributed by atoms with Gasteiger partial charge < -0.3 is 10.1 Å². The van der Waals surface area contributed by atoms with E-state index in [1.54, 1.807) is 18.2 Å². The second-order valence-corrected chi connectivity index (χ2v) is 4.15. The number of amides is 1. The van der Waals surface area contributed by atoms with Crippen molar-refractivity contribution < 1.29 is 9.53 Å². The van der Waals surface area contributed by atoms with Gasteiger partial charge in [-0.1, -0.05) is 12.1 Å². The number of hydrogen-bond donors (Lipinski definition) is 1. The van der Waals surface area contributed by atoms with Gasteiger partial charge in [-0.3, -0.25) is 9.69 Å². The van der Waals surface area contributed by atoms with Crippen LogP contribution in [-0.2, 0) is 4.79 Å². The zero-order chi connectivity index (χ0) is 14.1. The maximum absolute atomic E-state index is 11.4. The Balaban J connectivity index is 2.34. The summed E-state index contributed by atoms with van der Waals surface area (Å²) < 4.78 is 5.54. The Morgan fingerprint density at radius 3 is 2.89 bits per heavy atom. The van der Waals surface area contributed by atoms with Gasteiger partial charge in [-0.25, -0.2) is 0 Å². The molecule has 102 valence electrons. The van der Waals surface area contributed by atoms with E-state index in [0.717, 1.165) is 0 Å². The Kier molecular flexibility index (Phi) is 6.41. The van der Waals surface area contributed by atoms with E-state index in [2.05, 4.69) is 11.4 Å². The predicted molar refractivity (Wildman–Crippen MR) is 72.8 cm³/mol. The smallest absolute Gasteiger partial charge is 0.234 e. The van der Waals surface area contributed by atoms with E-state index in [4.69, 9.17) is 10.00 Å². The molecule has 0 aliphatic carbocycles. The van der Waals surface area contributed by atoms with Gasteiger partial charge in [-0.2, -0.15) is 5.26 Å². The maximum atomic E-state index is 11.4. The van der Waals surface area contributed by atoms with Crippen LogP contribution in [0.25, 0.3) is 0 Å². The van der Waals surface area contributed by atoms with Gasteiger partial charge in [0.05, 0.1) is 12.1 Å². The Labute approximate surface area is 113 Å². The van der Waals surface area contributed by atoms with Crippen LogP contribution in [0.5, 0.6) is 5.75 Å². The van der Waals surface area contributed by atoms with Gasteiger partial charge >= 0.3 is 0 Å². The molecule has 5 nitrogen and oxygen atoms in total. The number of benzene rings is 1. The largest absolute Gasteiger partial charge is 0.491 e. The molecule has 1 rings (SSSR count). The van der Waals surface area contributed by atoms with Crippen LogP contribution in [0.2, 0.25) is 0 Å². The number of rotatable bonds is 7. The lowest BCUT2D eigenvalue weighted by molar-refractivity contribution is -0.121. The third-order valence-electron chi connectivity index (χ3n) is 2.53. The molecule has 0 aromatic heterocycles. The number of ether oxygens (including phenoxy) is 1. The molecule has 0 radical (unpaired) electrons. The summed E-state index contributed by atoms with van der Waals surface area (Å²) in [4.78, 5) is 13.2. The first-order valence-corrected chi connectivity index (χ1v) is 6.24. The number of nitrogens with one attached hydrogen (secondary N) is 1. The summed E-state index contributed by atoms with van der Waals surface area (Å²) in [5.74, 6) is 0.582. The summed E-state index contributed by atoms with van der Waals surface area (Å²) in [6.07, 6.45) is 0. The third-order valence-corrected chi connectivity index (χ3v) is 2.53. The van der Waals surface area contributed by atoms with Crippen molar-refractivity contribution in [2.45, 2.75) is 6.92 Å². The molecule has 0 spiro atoms. The van der Waals surface area contributed by atoms with Crippen LogP contribution in [0, 0.1) is 11.3 Å². The maximum Gasteiger partial charge on any atom is 0.234 e. The summed E-state index contributed by atoms with van der Waals surface area (Å²) in [6, 6.07) is 9.19. The molecule has 19 heavy (non-hydrogen) atoms. The average molecular weight is 261 g/mol. The fourth-order valence-corrected chi connectivity index (χ4v) is 1.57. The van der Waals surface area contributed by atoms with E-state index in [9.17, 15) is 4.79 Å². The van der Waals surface area contributed by atoms with Crippen molar-refractivity contribution in [1.29, 1.82) is 5.26 Å². The minimum Gasteiger partial charge on any atom is -0.491 e. The van der Waals surface area contributed by atoms with Crippen LogP contribution in [0.3, 0.4) is 0 Å². The summed E-state index contributed by atoms with van der Waals surface area (Å²) in [7, 11) is 1.86. The van der Waals surface area contributed by atoms with Gasteiger partial charge in [0.25, 0.3) is 0 Å². The number of hydrogen-bond acceptors (Lipinski definition) is 4. The molecule has 1 aromatic rings. The van der Waals surface area contributed by atoms with E-state index in [1.807, 2.05) is 24.9 Å². The van der Waals surface area contributed by atoms with E-state index < -0.39 is 0 Å². The SMILES string of the molecule is CCNC(=O)CN(C)CCOc1ccccc1C#N. The number of nitriles is 1. The first kappa shape index (κ1) is 15.0. The molecule has 0 bridgehead atoms. The highest BCUT2D eigenvalue weighted by atomic mass is 16.5. The molecule has 0 aliphatic rings. The molecule has 0 aliphatic heterocycles. The van der Waals surface area contributed by atoms with Crippen molar-refractivity contribution in [3.05, 3.63) is 29.8 Å². The zero-order valence-corrected chi connectivity index (χ0v) is 11.3. The Morgan fingerprint density at radius 1 is 1.47 bits per heavy atom. The van der Waals surface area contributed by atoms with E-state index in [0.29, 0.717) is 37.6 Å². The summed E-state index contributed by atoms with van der Waals surface area (Å²) >= 11 is 0. The lowest BCUT2D eigenvalue weighted by Gasteiger charge is -2.16. The van der Waals surface area contributed by atoms with Crippen molar-refractivity contribution in [1.82, 2.24) is 10.2 Å². The Hall–Kier alpha value is -2.06. The average Bonchev–Trinajstić information content (AvgIpc) is 2.39. The zero-order valence-electron chi connectivity index (χ0n) is 11.3. The topological polar surface area (TPSA) is 65.4 Å². The quantitative estimate of drug-likeness (QED) is 0.795. The molecule has 0 saturated heterocycles. The minimum absolute atomic E-state index is 0.00225. The predicted octanol–water partition coefficient (Wildman–Crippen LogP) is 1.00. The van der Waals surface area contributed by atoms with Crippen LogP contribution >= 0.6 is 0 Å². The summed E-state index contributed by atoms with van der Waals surface area (Å²) in [5, 5.41) is 11.6. The van der Waals surface area contributed by atoms with Gasteiger partial charge in [0.2, 0.25) is 5.91 Å². The third kappa shape index (κ3) is 5.40. The minimum atomic E-state index is 0.00225. The molecule has 0 heterocycles. The van der Waals surface area contributed by atoms with Gasteiger partial charge in [-0.05, 0) is 26.1 Å². The fourth-order valence-electron chi connectivity index (χ4n) is 1.57. The second kappa shape index (κ2) is 8.11. The standard InChI is InChI=1S/C14H19N3O2/c1-3-16-14(18)11-17(2)8-9-19-13-7-5-4-6-12(13)10-15/h4-7H,3,8-9,11H2,1-2H3,(H,16,18). The van der Waals surface area contributed by atoms with Crippen molar-refractivity contribution in [3.63, 3.8) is 0 Å². The van der Waals surface area contributed by atoms with Crippen LogP contribution in [-0.4, -0.2) is 44.1 Å². The van der Waals surface area contributed by atoms with Gasteiger partial charge in [-0.15, -0.1) is 0 Å². The highest BCUT2D eigenvalue weighted by Gasteiger charge is 2.06. The van der Waals surface area contributed by atoms with Crippen LogP contribution in [0.1, 0.15) is 12.5 Å². The van der Waals surface area contributed by atoms with Crippen LogP contribution < -0.4 is 10.1 Å². The molecular weight excluding hydrogens is 242 g/mol. The summed E-state index contributed by atoms with van der Waals surface area (Å²) in [5.41, 5.74) is 0.522. The van der Waals surface area contributed by atoms with E-state index >= 15 is 0 Å². The molecule has 1 aromatic carbocycles. The van der Waals surface area contributed by atoms with E-state index in [-0.39, 0.29) is 5.91 Å².